The third-order valence-corrected chi connectivity index (χ3v) is 2.08. The Bertz CT molecular complexity index is 418. The van der Waals surface area contributed by atoms with Gasteiger partial charge < -0.3 is 5.73 Å². The molecule has 82 valence electrons. The maximum absolute atomic E-state index is 5.48. The molecule has 0 aliphatic carbocycles. The molecule has 4 heteroatoms. The molecule has 0 atom stereocenters. The van der Waals surface area contributed by atoms with Crippen LogP contribution in [0.25, 0.3) is 10.9 Å². The topological polar surface area (TPSA) is 38.9 Å². The van der Waals surface area contributed by atoms with Gasteiger partial charge in [-0.05, 0) is 30.7 Å². The van der Waals surface area contributed by atoms with Crippen LogP contribution < -0.4 is 5.73 Å². The first-order chi connectivity index (χ1) is 6.40. The van der Waals surface area contributed by atoms with Crippen molar-refractivity contribution >= 4 is 35.7 Å². The highest BCUT2D eigenvalue weighted by Crippen LogP contribution is 2.12. The van der Waals surface area contributed by atoms with Crippen LogP contribution in [0.3, 0.4) is 0 Å². The number of hydrogen-bond acceptors (Lipinski definition) is 2. The fourth-order valence-corrected chi connectivity index (χ4v) is 1.42. The van der Waals surface area contributed by atoms with Gasteiger partial charge in [0.05, 0.1) is 5.52 Å². The van der Waals surface area contributed by atoms with Crippen LogP contribution in [0.2, 0.25) is 0 Å². The number of nitrogens with zero attached hydrogens (tertiary/aromatic N) is 1. The highest BCUT2D eigenvalue weighted by molar-refractivity contribution is 5.85. The molecular formula is C11H14Cl2N2. The van der Waals surface area contributed by atoms with Crippen LogP contribution in [-0.2, 0) is 6.42 Å². The quantitative estimate of drug-likeness (QED) is 0.883. The van der Waals surface area contributed by atoms with Gasteiger partial charge in [-0.15, -0.1) is 24.8 Å². The molecule has 0 saturated heterocycles. The van der Waals surface area contributed by atoms with Crippen molar-refractivity contribution < 1.29 is 0 Å². The van der Waals surface area contributed by atoms with Crippen molar-refractivity contribution in [3.05, 3.63) is 42.1 Å². The normalized spacial score (nSPS) is 9.13. The van der Waals surface area contributed by atoms with Crippen molar-refractivity contribution in [1.82, 2.24) is 4.98 Å². The van der Waals surface area contributed by atoms with Gasteiger partial charge in [-0.25, -0.2) is 0 Å². The van der Waals surface area contributed by atoms with Crippen molar-refractivity contribution in [2.24, 2.45) is 5.73 Å². The Morgan fingerprint density at radius 2 is 1.87 bits per heavy atom. The predicted octanol–water partition coefficient (Wildman–Crippen LogP) is 2.58. The van der Waals surface area contributed by atoms with E-state index in [4.69, 9.17) is 5.73 Å². The summed E-state index contributed by atoms with van der Waals surface area (Å²) in [5, 5.41) is 1.19. The number of nitrogens with two attached hydrogens (primary N) is 1. The highest BCUT2D eigenvalue weighted by Gasteiger charge is 1.95. The lowest BCUT2D eigenvalue weighted by atomic mass is 10.1. The van der Waals surface area contributed by atoms with E-state index in [2.05, 4.69) is 17.1 Å². The van der Waals surface area contributed by atoms with Crippen LogP contribution in [0.5, 0.6) is 0 Å². The van der Waals surface area contributed by atoms with Crippen LogP contribution in [0, 0.1) is 0 Å². The molecule has 0 spiro atoms. The van der Waals surface area contributed by atoms with Gasteiger partial charge in [-0.3, -0.25) is 4.98 Å². The average molecular weight is 245 g/mol. The van der Waals surface area contributed by atoms with Crippen LogP contribution in [0.1, 0.15) is 5.56 Å². The van der Waals surface area contributed by atoms with E-state index in [9.17, 15) is 0 Å². The van der Waals surface area contributed by atoms with Crippen molar-refractivity contribution in [3.63, 3.8) is 0 Å². The summed E-state index contributed by atoms with van der Waals surface area (Å²) < 4.78 is 0. The lowest BCUT2D eigenvalue weighted by Gasteiger charge is -2.00. The maximum atomic E-state index is 5.48. The molecule has 2 N–H and O–H groups in total. The molecule has 0 aliphatic heterocycles. The van der Waals surface area contributed by atoms with Gasteiger partial charge in [0.1, 0.15) is 0 Å². The van der Waals surface area contributed by atoms with Gasteiger partial charge in [-0.1, -0.05) is 18.2 Å². The third-order valence-electron chi connectivity index (χ3n) is 2.08. The minimum atomic E-state index is 0. The van der Waals surface area contributed by atoms with E-state index in [-0.39, 0.29) is 24.8 Å². The first-order valence-corrected chi connectivity index (χ1v) is 4.44. The lowest BCUT2D eigenvalue weighted by molar-refractivity contribution is 0.963. The van der Waals surface area contributed by atoms with E-state index in [0.29, 0.717) is 6.54 Å². The monoisotopic (exact) mass is 244 g/mol. The molecule has 2 aromatic rings. The Kier molecular flexibility index (Phi) is 6.25. The van der Waals surface area contributed by atoms with E-state index in [1.54, 1.807) is 0 Å². The molecule has 1 aromatic carbocycles. The summed E-state index contributed by atoms with van der Waals surface area (Å²) in [6, 6.07) is 10.3. The second kappa shape index (κ2) is 6.62. The number of rotatable bonds is 2. The summed E-state index contributed by atoms with van der Waals surface area (Å²) >= 11 is 0. The fourth-order valence-electron chi connectivity index (χ4n) is 1.42. The van der Waals surface area contributed by atoms with Gasteiger partial charge in [0.25, 0.3) is 0 Å². The second-order valence-corrected chi connectivity index (χ2v) is 3.07. The van der Waals surface area contributed by atoms with E-state index in [1.165, 1.54) is 10.9 Å². The predicted molar refractivity (Wildman–Crippen MR) is 69.0 cm³/mol. The summed E-state index contributed by atoms with van der Waals surface area (Å²) in [5.41, 5.74) is 7.73. The molecule has 1 heterocycles. The van der Waals surface area contributed by atoms with Gasteiger partial charge in [0.15, 0.2) is 0 Å². The second-order valence-electron chi connectivity index (χ2n) is 3.07. The molecule has 0 bridgehead atoms. The summed E-state index contributed by atoms with van der Waals surface area (Å²) in [4.78, 5) is 4.34. The molecule has 2 nitrogen and oxygen atoms in total. The first-order valence-electron chi connectivity index (χ1n) is 4.44. The summed E-state index contributed by atoms with van der Waals surface area (Å²) in [7, 11) is 0. The van der Waals surface area contributed by atoms with Gasteiger partial charge >= 0.3 is 0 Å². The number of benzene rings is 1. The van der Waals surface area contributed by atoms with Gasteiger partial charge in [0.2, 0.25) is 0 Å². The molecule has 0 saturated carbocycles. The number of para-hydroxylation sites is 1. The van der Waals surface area contributed by atoms with Crippen LogP contribution in [-0.4, -0.2) is 11.5 Å². The molecule has 0 fully saturated rings. The van der Waals surface area contributed by atoms with Gasteiger partial charge in [-0.2, -0.15) is 0 Å². The Hall–Kier alpha value is -0.830. The van der Waals surface area contributed by atoms with E-state index >= 15 is 0 Å². The molecule has 0 amide bonds. The zero-order valence-electron chi connectivity index (χ0n) is 8.22. The van der Waals surface area contributed by atoms with E-state index < -0.39 is 0 Å². The summed E-state index contributed by atoms with van der Waals surface area (Å²) in [6.07, 6.45) is 2.80. The fraction of sp³-hybridized carbons (Fsp3) is 0.182. The molecule has 0 radical (unpaired) electrons. The number of halogens is 2. The molecule has 0 unspecified atom stereocenters. The van der Waals surface area contributed by atoms with Crippen molar-refractivity contribution in [1.29, 1.82) is 0 Å². The number of pyridine rings is 1. The largest absolute Gasteiger partial charge is 0.330 e. The van der Waals surface area contributed by atoms with Crippen molar-refractivity contribution in [2.75, 3.05) is 6.54 Å². The lowest BCUT2D eigenvalue weighted by Crippen LogP contribution is -2.02. The molecule has 2 rings (SSSR count). The van der Waals surface area contributed by atoms with Gasteiger partial charge in [0, 0.05) is 11.6 Å². The Labute approximate surface area is 102 Å². The SMILES string of the molecule is Cl.Cl.NCCc1cnc2ccccc2c1. The van der Waals surface area contributed by atoms with Crippen molar-refractivity contribution in [3.8, 4) is 0 Å². The Morgan fingerprint density at radius 3 is 2.60 bits per heavy atom. The number of fused-ring (bicyclic) bond motifs is 1. The molecular weight excluding hydrogens is 231 g/mol. The Balaban J connectivity index is 0.000000980. The summed E-state index contributed by atoms with van der Waals surface area (Å²) in [6.45, 7) is 0.681. The first kappa shape index (κ1) is 14.2. The molecule has 15 heavy (non-hydrogen) atoms. The Morgan fingerprint density at radius 1 is 1.13 bits per heavy atom. The standard InChI is InChI=1S/C11H12N2.2ClH/c12-6-5-9-7-10-3-1-2-4-11(10)13-8-9;;/h1-4,7-8H,5-6,12H2;2*1H. The highest BCUT2D eigenvalue weighted by atomic mass is 35.5. The zero-order chi connectivity index (χ0) is 9.10. The van der Waals surface area contributed by atoms with Crippen molar-refractivity contribution in [2.45, 2.75) is 6.42 Å². The van der Waals surface area contributed by atoms with Crippen LogP contribution in [0.4, 0.5) is 0 Å². The molecule has 1 aromatic heterocycles. The maximum Gasteiger partial charge on any atom is 0.0702 e. The molecule has 0 aliphatic rings. The van der Waals surface area contributed by atoms with E-state index in [1.807, 2.05) is 24.4 Å². The number of aromatic nitrogens is 1. The minimum Gasteiger partial charge on any atom is -0.330 e. The van der Waals surface area contributed by atoms with Crippen LogP contribution in [0.15, 0.2) is 36.5 Å². The van der Waals surface area contributed by atoms with E-state index in [0.717, 1.165) is 11.9 Å². The van der Waals surface area contributed by atoms with Crippen LogP contribution >= 0.6 is 24.8 Å². The number of hydrogen-bond donors (Lipinski definition) is 1. The smallest absolute Gasteiger partial charge is 0.0702 e. The summed E-state index contributed by atoms with van der Waals surface area (Å²) in [5.74, 6) is 0. The average Bonchev–Trinajstić information content (AvgIpc) is 2.18. The zero-order valence-corrected chi connectivity index (χ0v) is 9.85. The third kappa shape index (κ3) is 3.34. The minimum absolute atomic E-state index is 0.